The molecule has 11 heteroatoms. The molecule has 1 unspecified atom stereocenters. The first-order chi connectivity index (χ1) is 13.1. The maximum atomic E-state index is 12.3. The van der Waals surface area contributed by atoms with Gasteiger partial charge in [0.25, 0.3) is 0 Å². The molecule has 0 aliphatic carbocycles. The Morgan fingerprint density at radius 2 is 1.31 bits per heavy atom. The van der Waals surface area contributed by atoms with E-state index in [1.54, 1.807) is 41.5 Å². The van der Waals surface area contributed by atoms with E-state index in [0.29, 0.717) is 11.3 Å². The van der Waals surface area contributed by atoms with Crippen LogP contribution in [-0.4, -0.2) is 86.6 Å². The summed E-state index contributed by atoms with van der Waals surface area (Å²) in [6.07, 6.45) is -2.72. The van der Waals surface area contributed by atoms with Gasteiger partial charge in [0, 0.05) is 0 Å². The maximum absolute atomic E-state index is 12.3. The van der Waals surface area contributed by atoms with Crippen molar-refractivity contribution in [1.29, 1.82) is 0 Å². The number of hydrogen-bond donors (Lipinski definition) is 5. The number of aliphatic carboxylic acids is 1. The van der Waals surface area contributed by atoms with Gasteiger partial charge in [-0.3, -0.25) is 0 Å². The first-order valence-electron chi connectivity index (χ1n) is 9.17. The average Bonchev–Trinajstić information content (AvgIpc) is 2.54. The lowest BCUT2D eigenvalue weighted by molar-refractivity contribution is -0.143. The molecule has 0 aromatic carbocycles. The number of rotatable bonds is 7. The zero-order chi connectivity index (χ0) is 23.4. The van der Waals surface area contributed by atoms with Crippen molar-refractivity contribution in [3.05, 3.63) is 0 Å². The Morgan fingerprint density at radius 1 is 0.931 bits per heavy atom. The largest absolute Gasteiger partial charge is 0.480 e. The molecule has 2 amide bonds. The third-order valence-electron chi connectivity index (χ3n) is 2.88. The maximum Gasteiger partial charge on any atom is 0.420 e. The van der Waals surface area contributed by atoms with Gasteiger partial charge < -0.3 is 35.6 Å². The van der Waals surface area contributed by atoms with Crippen LogP contribution in [0.4, 0.5) is 9.59 Å². The van der Waals surface area contributed by atoms with Crippen LogP contribution in [0.3, 0.4) is 0 Å². The molecule has 0 spiro atoms. The van der Waals surface area contributed by atoms with E-state index < -0.39 is 41.5 Å². The quantitative estimate of drug-likeness (QED) is 0.390. The number of nitrogens with zero attached hydrogens (tertiary/aromatic N) is 1. The molecule has 1 atom stereocenters. The molecule has 0 radical (unpaired) electrons. The zero-order valence-electron chi connectivity index (χ0n) is 18.0. The van der Waals surface area contributed by atoms with Gasteiger partial charge in [-0.25, -0.2) is 14.4 Å². The summed E-state index contributed by atoms with van der Waals surface area (Å²) in [5, 5.41) is 33.4. The molecule has 6 N–H and O–H groups in total. The minimum absolute atomic E-state index is 0.0182. The number of carboxylic acids is 1. The Kier molecular flexibility index (Phi) is 13.4. The molecular weight excluding hydrogens is 388 g/mol. The molecule has 0 saturated carbocycles. The van der Waals surface area contributed by atoms with E-state index in [0.717, 1.165) is 0 Å². The van der Waals surface area contributed by atoms with Gasteiger partial charge in [0.05, 0.1) is 13.2 Å². The van der Waals surface area contributed by atoms with E-state index in [9.17, 15) is 19.5 Å². The van der Waals surface area contributed by atoms with Crippen LogP contribution >= 0.6 is 0 Å². The van der Waals surface area contributed by atoms with E-state index in [1.807, 2.05) is 0 Å². The third kappa shape index (κ3) is 14.7. The first-order valence-corrected chi connectivity index (χ1v) is 9.17. The summed E-state index contributed by atoms with van der Waals surface area (Å²) in [4.78, 5) is 36.6. The Morgan fingerprint density at radius 3 is 1.52 bits per heavy atom. The predicted molar refractivity (Wildman–Crippen MR) is 104 cm³/mol. The van der Waals surface area contributed by atoms with Crippen molar-refractivity contribution in [2.75, 3.05) is 19.8 Å². The molecule has 0 aliphatic rings. The van der Waals surface area contributed by atoms with E-state index in [1.165, 1.54) is 0 Å². The standard InChI is InChI=1S/C15H28N2O6.C3H8O3/c1-14(2,3)22-12(20)17(13(21)23-15(4,5)6)10(11(18)19)8-7-9-16;4-1-3(6)2-5/h10H,7-9,16H2,1-6H3,(H,18,19);3-6H,1-2H2. The second-order valence-electron chi connectivity index (χ2n) is 8.13. The number of amides is 2. The summed E-state index contributed by atoms with van der Waals surface area (Å²) < 4.78 is 10.3. The van der Waals surface area contributed by atoms with Crippen LogP contribution in [-0.2, 0) is 14.3 Å². The molecule has 0 fully saturated rings. The highest BCUT2D eigenvalue weighted by Gasteiger charge is 2.39. The highest BCUT2D eigenvalue weighted by molar-refractivity contribution is 5.93. The fourth-order valence-corrected chi connectivity index (χ4v) is 1.68. The zero-order valence-corrected chi connectivity index (χ0v) is 18.0. The van der Waals surface area contributed by atoms with Gasteiger partial charge in [0.1, 0.15) is 23.3 Å². The highest BCUT2D eigenvalue weighted by Crippen LogP contribution is 2.19. The van der Waals surface area contributed by atoms with Crippen molar-refractivity contribution in [1.82, 2.24) is 4.90 Å². The number of aliphatic hydroxyl groups is 3. The van der Waals surface area contributed by atoms with Crippen molar-refractivity contribution in [2.24, 2.45) is 5.73 Å². The van der Waals surface area contributed by atoms with Gasteiger partial charge >= 0.3 is 18.2 Å². The second kappa shape index (κ2) is 13.3. The van der Waals surface area contributed by atoms with Crippen LogP contribution in [0.5, 0.6) is 0 Å². The Labute approximate surface area is 171 Å². The molecule has 0 rings (SSSR count). The van der Waals surface area contributed by atoms with Crippen molar-refractivity contribution in [2.45, 2.75) is 77.7 Å². The van der Waals surface area contributed by atoms with Crippen molar-refractivity contribution >= 4 is 18.2 Å². The fourth-order valence-electron chi connectivity index (χ4n) is 1.68. The molecule has 0 heterocycles. The van der Waals surface area contributed by atoms with Gasteiger partial charge in [-0.2, -0.15) is 4.90 Å². The number of nitrogens with two attached hydrogens (primary N) is 1. The van der Waals surface area contributed by atoms with E-state index in [2.05, 4.69) is 0 Å². The minimum Gasteiger partial charge on any atom is -0.480 e. The van der Waals surface area contributed by atoms with Gasteiger partial charge in [-0.05, 0) is 60.9 Å². The monoisotopic (exact) mass is 424 g/mol. The predicted octanol–water partition coefficient (Wildman–Crippen LogP) is 0.683. The Hall–Kier alpha value is -1.95. The molecule has 172 valence electrons. The average molecular weight is 424 g/mol. The van der Waals surface area contributed by atoms with Crippen LogP contribution in [0, 0.1) is 0 Å². The summed E-state index contributed by atoms with van der Waals surface area (Å²) in [5.74, 6) is -1.32. The summed E-state index contributed by atoms with van der Waals surface area (Å²) in [5.41, 5.74) is 3.63. The summed E-state index contributed by atoms with van der Waals surface area (Å²) in [7, 11) is 0. The summed E-state index contributed by atoms with van der Waals surface area (Å²) >= 11 is 0. The first kappa shape index (κ1) is 29.3. The number of carbonyl (C=O) groups is 3. The summed E-state index contributed by atoms with van der Waals surface area (Å²) in [6.45, 7) is 9.22. The molecule has 0 aliphatic heterocycles. The van der Waals surface area contributed by atoms with Crippen LogP contribution in [0.25, 0.3) is 0 Å². The van der Waals surface area contributed by atoms with Crippen LogP contribution in [0.2, 0.25) is 0 Å². The number of aliphatic hydroxyl groups excluding tert-OH is 3. The second-order valence-corrected chi connectivity index (χ2v) is 8.13. The van der Waals surface area contributed by atoms with Crippen molar-refractivity contribution in [3.8, 4) is 0 Å². The molecule has 29 heavy (non-hydrogen) atoms. The number of ether oxygens (including phenoxy) is 2. The van der Waals surface area contributed by atoms with E-state index >= 15 is 0 Å². The van der Waals surface area contributed by atoms with Gasteiger partial charge in [0.2, 0.25) is 0 Å². The molecule has 0 saturated heterocycles. The number of carboxylic acid groups (broad SMARTS) is 1. The molecule has 0 bridgehead atoms. The van der Waals surface area contributed by atoms with Crippen molar-refractivity contribution in [3.63, 3.8) is 0 Å². The van der Waals surface area contributed by atoms with Crippen LogP contribution < -0.4 is 5.73 Å². The lowest BCUT2D eigenvalue weighted by Gasteiger charge is -2.31. The lowest BCUT2D eigenvalue weighted by atomic mass is 10.1. The van der Waals surface area contributed by atoms with E-state index in [-0.39, 0.29) is 26.2 Å². The number of carbonyl (C=O) groups excluding carboxylic acids is 2. The van der Waals surface area contributed by atoms with Gasteiger partial charge in [0.15, 0.2) is 0 Å². The fraction of sp³-hybridized carbons (Fsp3) is 0.833. The molecular formula is C18H36N2O9. The van der Waals surface area contributed by atoms with E-state index in [4.69, 9.17) is 30.5 Å². The number of hydrogen-bond acceptors (Lipinski definition) is 9. The Bertz CT molecular complexity index is 480. The normalized spacial score (nSPS) is 12.5. The highest BCUT2D eigenvalue weighted by atomic mass is 16.6. The topological polar surface area (TPSA) is 180 Å². The van der Waals surface area contributed by atoms with Crippen molar-refractivity contribution < 1.29 is 44.3 Å². The third-order valence-corrected chi connectivity index (χ3v) is 2.88. The lowest BCUT2D eigenvalue weighted by Crippen LogP contribution is -2.52. The Balaban J connectivity index is 0. The smallest absolute Gasteiger partial charge is 0.420 e. The summed E-state index contributed by atoms with van der Waals surface area (Å²) in [6, 6.07) is -1.40. The van der Waals surface area contributed by atoms with Crippen LogP contribution in [0.15, 0.2) is 0 Å². The van der Waals surface area contributed by atoms with Crippen LogP contribution in [0.1, 0.15) is 54.4 Å². The SMILES string of the molecule is CC(C)(C)OC(=O)N(C(=O)OC(C)(C)C)C(CCCN)C(=O)O.OCC(O)CO. The minimum atomic E-state index is -1.40. The molecule has 0 aromatic heterocycles. The molecule has 0 aromatic rings. The van der Waals surface area contributed by atoms with Gasteiger partial charge in [-0.1, -0.05) is 0 Å². The molecule has 11 nitrogen and oxygen atoms in total. The number of imide groups is 1. The van der Waals surface area contributed by atoms with Gasteiger partial charge in [-0.15, -0.1) is 0 Å².